The standard InChI is InChI=1S/C51H30N4O2/c1-3-12-31(13-4-1)49-52-50(32-14-5-2-6-15-32)54-51(53-49)40-19-11-18-39-38-25-22-34(29-47(38)57-48(39)40)33-23-26-45-41(28-33)42-30-35(24-27-46(42)56-45)55-43-20-9-7-16-36(43)37-17-8-10-21-44(37)55/h1-30H. The number of benzene rings is 8. The van der Waals surface area contributed by atoms with E-state index in [1.807, 2.05) is 72.8 Å². The number of nitrogens with zero attached hydrogens (tertiary/aromatic N) is 4. The van der Waals surface area contributed by atoms with Gasteiger partial charge in [-0.2, -0.15) is 0 Å². The van der Waals surface area contributed by atoms with Crippen LogP contribution in [-0.4, -0.2) is 19.5 Å². The highest BCUT2D eigenvalue weighted by Gasteiger charge is 2.19. The van der Waals surface area contributed by atoms with Crippen LogP contribution in [0.3, 0.4) is 0 Å². The van der Waals surface area contributed by atoms with Gasteiger partial charge in [0.25, 0.3) is 0 Å². The van der Waals surface area contributed by atoms with Gasteiger partial charge in [0.15, 0.2) is 17.5 Å². The van der Waals surface area contributed by atoms with Crippen molar-refractivity contribution in [2.75, 3.05) is 0 Å². The molecule has 266 valence electrons. The molecule has 0 amide bonds. The van der Waals surface area contributed by atoms with Crippen LogP contribution in [0.2, 0.25) is 0 Å². The van der Waals surface area contributed by atoms with Gasteiger partial charge in [0, 0.05) is 49.1 Å². The molecule has 6 nitrogen and oxygen atoms in total. The summed E-state index contributed by atoms with van der Waals surface area (Å²) in [5, 5.41) is 6.65. The minimum absolute atomic E-state index is 0.560. The second-order valence-electron chi connectivity index (χ2n) is 14.4. The summed E-state index contributed by atoms with van der Waals surface area (Å²) in [6.07, 6.45) is 0. The van der Waals surface area contributed by atoms with E-state index in [0.29, 0.717) is 17.5 Å². The van der Waals surface area contributed by atoms with Gasteiger partial charge in [-0.25, -0.2) is 15.0 Å². The van der Waals surface area contributed by atoms with E-state index >= 15 is 0 Å². The Labute approximate surface area is 325 Å². The molecule has 0 N–H and O–H groups in total. The number of para-hydroxylation sites is 3. The van der Waals surface area contributed by atoms with Crippen LogP contribution in [0.25, 0.3) is 117 Å². The predicted octanol–water partition coefficient (Wildman–Crippen LogP) is 13.4. The molecule has 4 heterocycles. The van der Waals surface area contributed by atoms with Gasteiger partial charge < -0.3 is 13.4 Å². The molecule has 0 radical (unpaired) electrons. The smallest absolute Gasteiger partial charge is 0.167 e. The fraction of sp³-hybridized carbons (Fsp3) is 0. The molecule has 4 aromatic heterocycles. The summed E-state index contributed by atoms with van der Waals surface area (Å²) in [4.78, 5) is 14.9. The number of fused-ring (bicyclic) bond motifs is 9. The Bertz CT molecular complexity index is 3410. The summed E-state index contributed by atoms with van der Waals surface area (Å²) in [5.41, 5.74) is 11.5. The minimum Gasteiger partial charge on any atom is -0.456 e. The zero-order valence-corrected chi connectivity index (χ0v) is 30.4. The van der Waals surface area contributed by atoms with Gasteiger partial charge in [-0.15, -0.1) is 0 Å². The third-order valence-corrected chi connectivity index (χ3v) is 11.1. The van der Waals surface area contributed by atoms with Gasteiger partial charge in [-0.05, 0) is 71.8 Å². The quantitative estimate of drug-likeness (QED) is 0.176. The molecular formula is C51H30N4O2. The molecule has 8 aromatic carbocycles. The van der Waals surface area contributed by atoms with Crippen molar-refractivity contribution < 1.29 is 8.83 Å². The summed E-state index contributed by atoms with van der Waals surface area (Å²) in [7, 11) is 0. The Hall–Kier alpha value is -7.83. The van der Waals surface area contributed by atoms with Crippen molar-refractivity contribution in [3.8, 4) is 51.0 Å². The maximum absolute atomic E-state index is 6.74. The third-order valence-electron chi connectivity index (χ3n) is 11.1. The monoisotopic (exact) mass is 730 g/mol. The maximum atomic E-state index is 6.74. The maximum Gasteiger partial charge on any atom is 0.167 e. The van der Waals surface area contributed by atoms with E-state index in [1.165, 1.54) is 21.8 Å². The Morgan fingerprint density at radius 3 is 1.60 bits per heavy atom. The van der Waals surface area contributed by atoms with E-state index in [0.717, 1.165) is 77.4 Å². The number of hydrogen-bond donors (Lipinski definition) is 0. The van der Waals surface area contributed by atoms with Crippen LogP contribution >= 0.6 is 0 Å². The highest BCUT2D eigenvalue weighted by Crippen LogP contribution is 2.40. The zero-order chi connectivity index (χ0) is 37.5. The molecule has 0 spiro atoms. The first-order valence-electron chi connectivity index (χ1n) is 19.0. The van der Waals surface area contributed by atoms with Crippen LogP contribution in [0.4, 0.5) is 0 Å². The van der Waals surface area contributed by atoms with Gasteiger partial charge in [0.1, 0.15) is 22.3 Å². The van der Waals surface area contributed by atoms with Gasteiger partial charge in [0.2, 0.25) is 0 Å². The lowest BCUT2D eigenvalue weighted by Crippen LogP contribution is -2.00. The van der Waals surface area contributed by atoms with Crippen LogP contribution in [0, 0.1) is 0 Å². The van der Waals surface area contributed by atoms with Crippen molar-refractivity contribution in [1.29, 1.82) is 0 Å². The molecular weight excluding hydrogens is 701 g/mol. The van der Waals surface area contributed by atoms with Gasteiger partial charge in [-0.1, -0.05) is 121 Å². The number of aromatic nitrogens is 4. The topological polar surface area (TPSA) is 69.9 Å². The summed E-state index contributed by atoms with van der Waals surface area (Å²) >= 11 is 0. The van der Waals surface area contributed by atoms with Crippen LogP contribution in [0.1, 0.15) is 0 Å². The lowest BCUT2D eigenvalue weighted by molar-refractivity contribution is 0.669. The largest absolute Gasteiger partial charge is 0.456 e. The van der Waals surface area contributed by atoms with Crippen molar-refractivity contribution in [2.45, 2.75) is 0 Å². The van der Waals surface area contributed by atoms with E-state index < -0.39 is 0 Å². The Morgan fingerprint density at radius 1 is 0.333 bits per heavy atom. The first-order chi connectivity index (χ1) is 28.2. The molecule has 0 aliphatic rings. The SMILES string of the molecule is c1ccc(-c2nc(-c3ccccc3)nc(-c3cccc4c3oc3cc(-c5ccc6oc7ccc(-n8c9ccccc9c9ccccc98)cc7c6c5)ccc34)n2)cc1. The van der Waals surface area contributed by atoms with E-state index in [-0.39, 0.29) is 0 Å². The second-order valence-corrected chi connectivity index (χ2v) is 14.4. The fourth-order valence-electron chi connectivity index (χ4n) is 8.37. The highest BCUT2D eigenvalue weighted by molar-refractivity contribution is 6.12. The van der Waals surface area contributed by atoms with Crippen LogP contribution < -0.4 is 0 Å². The average Bonchev–Trinajstić information content (AvgIpc) is 3.95. The normalized spacial score (nSPS) is 11.9. The molecule has 0 fully saturated rings. The van der Waals surface area contributed by atoms with Gasteiger partial charge >= 0.3 is 0 Å². The van der Waals surface area contributed by atoms with Crippen LogP contribution in [-0.2, 0) is 0 Å². The molecule has 0 saturated carbocycles. The first-order valence-corrected chi connectivity index (χ1v) is 19.0. The summed E-state index contributed by atoms with van der Waals surface area (Å²) in [6, 6.07) is 62.8. The molecule has 0 saturated heterocycles. The number of furan rings is 2. The minimum atomic E-state index is 0.560. The Kier molecular flexibility index (Phi) is 6.83. The lowest BCUT2D eigenvalue weighted by atomic mass is 10.0. The van der Waals surface area contributed by atoms with Crippen molar-refractivity contribution in [3.63, 3.8) is 0 Å². The number of hydrogen-bond acceptors (Lipinski definition) is 5. The lowest BCUT2D eigenvalue weighted by Gasteiger charge is -2.08. The highest BCUT2D eigenvalue weighted by atomic mass is 16.3. The fourth-order valence-corrected chi connectivity index (χ4v) is 8.37. The Balaban J connectivity index is 0.979. The van der Waals surface area contributed by atoms with Gasteiger partial charge in [0.05, 0.1) is 16.6 Å². The molecule has 12 aromatic rings. The predicted molar refractivity (Wildman–Crippen MR) is 230 cm³/mol. The van der Waals surface area contributed by atoms with Crippen molar-refractivity contribution >= 4 is 65.7 Å². The molecule has 0 unspecified atom stereocenters. The van der Waals surface area contributed by atoms with Crippen molar-refractivity contribution in [3.05, 3.63) is 182 Å². The summed E-state index contributed by atoms with van der Waals surface area (Å²) in [6.45, 7) is 0. The molecule has 0 aliphatic heterocycles. The molecule has 0 atom stereocenters. The zero-order valence-electron chi connectivity index (χ0n) is 30.4. The summed E-state index contributed by atoms with van der Waals surface area (Å²) < 4.78 is 15.5. The van der Waals surface area contributed by atoms with Crippen molar-refractivity contribution in [1.82, 2.24) is 19.5 Å². The number of rotatable bonds is 5. The van der Waals surface area contributed by atoms with Crippen LogP contribution in [0.5, 0.6) is 0 Å². The Morgan fingerprint density at radius 2 is 0.895 bits per heavy atom. The average molecular weight is 731 g/mol. The molecule has 6 heteroatoms. The molecule has 12 rings (SSSR count). The molecule has 57 heavy (non-hydrogen) atoms. The van der Waals surface area contributed by atoms with E-state index in [2.05, 4.69) is 114 Å². The van der Waals surface area contributed by atoms with Crippen molar-refractivity contribution in [2.24, 2.45) is 0 Å². The second kappa shape index (κ2) is 12.3. The first kappa shape index (κ1) is 31.5. The summed E-state index contributed by atoms with van der Waals surface area (Å²) in [5.74, 6) is 1.78. The van der Waals surface area contributed by atoms with E-state index in [9.17, 15) is 0 Å². The van der Waals surface area contributed by atoms with E-state index in [4.69, 9.17) is 23.8 Å². The van der Waals surface area contributed by atoms with E-state index in [1.54, 1.807) is 0 Å². The van der Waals surface area contributed by atoms with Gasteiger partial charge in [-0.3, -0.25) is 0 Å². The third kappa shape index (κ3) is 5.01. The van der Waals surface area contributed by atoms with Crippen LogP contribution in [0.15, 0.2) is 191 Å². The molecule has 0 bridgehead atoms. The molecule has 0 aliphatic carbocycles.